The maximum absolute atomic E-state index is 11.9. The topological polar surface area (TPSA) is 46.5 Å². The molecule has 1 aromatic rings. The third kappa shape index (κ3) is 3.23. The molecule has 0 saturated carbocycles. The van der Waals surface area contributed by atoms with Gasteiger partial charge in [0.15, 0.2) is 0 Å². The Labute approximate surface area is 122 Å². The standard InChI is InChI=1S/C14H19IO3/c1-9(2)12(13(16)18-4)14(3,17)10-5-7-11(15)8-6-10/h5-9,12,17H,1-4H3. The minimum absolute atomic E-state index is 0.00766. The highest BCUT2D eigenvalue weighted by Crippen LogP contribution is 2.35. The third-order valence-corrected chi connectivity index (χ3v) is 3.88. The molecule has 0 bridgehead atoms. The lowest BCUT2D eigenvalue weighted by atomic mass is 9.76. The van der Waals surface area contributed by atoms with Crippen molar-refractivity contribution in [3.8, 4) is 0 Å². The van der Waals surface area contributed by atoms with Crippen molar-refractivity contribution in [2.75, 3.05) is 7.11 Å². The molecule has 100 valence electrons. The Hall–Kier alpha value is -0.620. The molecular formula is C14H19IO3. The highest BCUT2D eigenvalue weighted by molar-refractivity contribution is 14.1. The van der Waals surface area contributed by atoms with E-state index < -0.39 is 11.5 Å². The number of ether oxygens (including phenoxy) is 1. The van der Waals surface area contributed by atoms with Crippen LogP contribution in [0.2, 0.25) is 0 Å². The Kier molecular flexibility index (Phi) is 5.16. The largest absolute Gasteiger partial charge is 0.469 e. The first-order valence-corrected chi connectivity index (χ1v) is 6.94. The summed E-state index contributed by atoms with van der Waals surface area (Å²) >= 11 is 2.20. The summed E-state index contributed by atoms with van der Waals surface area (Å²) < 4.78 is 5.89. The van der Waals surface area contributed by atoms with Gasteiger partial charge >= 0.3 is 5.97 Å². The summed E-state index contributed by atoms with van der Waals surface area (Å²) in [5, 5.41) is 10.7. The molecule has 2 unspecified atom stereocenters. The summed E-state index contributed by atoms with van der Waals surface area (Å²) in [5.74, 6) is -0.970. The van der Waals surface area contributed by atoms with Crippen molar-refractivity contribution in [1.82, 2.24) is 0 Å². The van der Waals surface area contributed by atoms with Gasteiger partial charge in [-0.25, -0.2) is 0 Å². The molecule has 1 rings (SSSR count). The number of carbonyl (C=O) groups is 1. The predicted octanol–water partition coefficient (Wildman–Crippen LogP) is 2.94. The Morgan fingerprint density at radius 1 is 1.33 bits per heavy atom. The average Bonchev–Trinajstić information content (AvgIpc) is 2.28. The molecule has 4 heteroatoms. The fraction of sp³-hybridized carbons (Fsp3) is 0.500. The van der Waals surface area contributed by atoms with Gasteiger partial charge in [-0.05, 0) is 53.1 Å². The van der Waals surface area contributed by atoms with Crippen LogP contribution in [-0.4, -0.2) is 18.2 Å². The molecule has 18 heavy (non-hydrogen) atoms. The van der Waals surface area contributed by atoms with Crippen LogP contribution in [0.25, 0.3) is 0 Å². The van der Waals surface area contributed by atoms with Gasteiger partial charge in [0.2, 0.25) is 0 Å². The second-order valence-electron chi connectivity index (χ2n) is 4.90. The number of methoxy groups -OCH3 is 1. The zero-order valence-corrected chi connectivity index (χ0v) is 13.3. The van der Waals surface area contributed by atoms with Crippen LogP contribution in [0.5, 0.6) is 0 Å². The normalized spacial score (nSPS) is 16.2. The van der Waals surface area contributed by atoms with E-state index in [0.29, 0.717) is 0 Å². The lowest BCUT2D eigenvalue weighted by molar-refractivity contribution is -0.159. The second kappa shape index (κ2) is 6.02. The van der Waals surface area contributed by atoms with Crippen LogP contribution >= 0.6 is 22.6 Å². The Balaban J connectivity index is 3.16. The summed E-state index contributed by atoms with van der Waals surface area (Å²) in [4.78, 5) is 11.9. The molecule has 0 aliphatic heterocycles. The van der Waals surface area contributed by atoms with E-state index in [4.69, 9.17) is 4.74 Å². The van der Waals surface area contributed by atoms with Gasteiger partial charge in [-0.15, -0.1) is 0 Å². The van der Waals surface area contributed by atoms with E-state index in [1.54, 1.807) is 6.92 Å². The Bertz CT molecular complexity index is 410. The SMILES string of the molecule is COC(=O)C(C(C)C)C(C)(O)c1ccc(I)cc1. The molecule has 0 aliphatic carbocycles. The number of hydrogen-bond donors (Lipinski definition) is 1. The van der Waals surface area contributed by atoms with Crippen LogP contribution in [0.1, 0.15) is 26.3 Å². The van der Waals surface area contributed by atoms with Crippen molar-refractivity contribution in [1.29, 1.82) is 0 Å². The molecule has 0 fully saturated rings. The van der Waals surface area contributed by atoms with Crippen molar-refractivity contribution in [3.05, 3.63) is 33.4 Å². The van der Waals surface area contributed by atoms with Crippen molar-refractivity contribution in [2.24, 2.45) is 11.8 Å². The number of aliphatic hydroxyl groups is 1. The quantitative estimate of drug-likeness (QED) is 0.662. The maximum atomic E-state index is 11.9. The van der Waals surface area contributed by atoms with Crippen molar-refractivity contribution in [2.45, 2.75) is 26.4 Å². The molecule has 0 aliphatic rings. The van der Waals surface area contributed by atoms with E-state index in [9.17, 15) is 9.90 Å². The van der Waals surface area contributed by atoms with Gasteiger partial charge in [-0.2, -0.15) is 0 Å². The first kappa shape index (κ1) is 15.4. The molecule has 0 saturated heterocycles. The highest BCUT2D eigenvalue weighted by Gasteiger charge is 2.41. The molecule has 1 aromatic carbocycles. The predicted molar refractivity (Wildman–Crippen MR) is 79.1 cm³/mol. The van der Waals surface area contributed by atoms with E-state index in [1.807, 2.05) is 38.1 Å². The molecule has 3 nitrogen and oxygen atoms in total. The van der Waals surface area contributed by atoms with Crippen molar-refractivity contribution >= 4 is 28.6 Å². The summed E-state index contributed by atoms with van der Waals surface area (Å²) in [6.45, 7) is 5.47. The smallest absolute Gasteiger partial charge is 0.312 e. The van der Waals surface area contributed by atoms with Gasteiger partial charge in [-0.1, -0.05) is 26.0 Å². The molecule has 0 amide bonds. The summed E-state index contributed by atoms with van der Waals surface area (Å²) in [7, 11) is 1.35. The fourth-order valence-corrected chi connectivity index (χ4v) is 2.60. The van der Waals surface area contributed by atoms with Crippen LogP contribution in [0.4, 0.5) is 0 Å². The van der Waals surface area contributed by atoms with Crippen LogP contribution in [0.15, 0.2) is 24.3 Å². The van der Waals surface area contributed by atoms with Crippen LogP contribution < -0.4 is 0 Å². The number of esters is 1. The Morgan fingerprint density at radius 2 is 1.83 bits per heavy atom. The average molecular weight is 362 g/mol. The fourth-order valence-electron chi connectivity index (χ4n) is 2.24. The number of rotatable bonds is 4. The van der Waals surface area contributed by atoms with E-state index in [1.165, 1.54) is 7.11 Å². The van der Waals surface area contributed by atoms with Gasteiger partial charge < -0.3 is 9.84 Å². The van der Waals surface area contributed by atoms with Gasteiger partial charge in [-0.3, -0.25) is 4.79 Å². The number of carbonyl (C=O) groups excluding carboxylic acids is 1. The van der Waals surface area contributed by atoms with Gasteiger partial charge in [0.05, 0.1) is 13.0 Å². The van der Waals surface area contributed by atoms with Gasteiger partial charge in [0, 0.05) is 3.57 Å². The highest BCUT2D eigenvalue weighted by atomic mass is 127. The lowest BCUT2D eigenvalue weighted by Gasteiger charge is -2.34. The van der Waals surface area contributed by atoms with E-state index in [-0.39, 0.29) is 11.9 Å². The first-order valence-electron chi connectivity index (χ1n) is 5.87. The molecular weight excluding hydrogens is 343 g/mol. The van der Waals surface area contributed by atoms with Crippen molar-refractivity contribution < 1.29 is 14.6 Å². The van der Waals surface area contributed by atoms with Crippen LogP contribution in [0.3, 0.4) is 0 Å². The molecule has 2 atom stereocenters. The summed E-state index contributed by atoms with van der Waals surface area (Å²) in [5.41, 5.74) is -0.502. The lowest BCUT2D eigenvalue weighted by Crippen LogP contribution is -2.41. The summed E-state index contributed by atoms with van der Waals surface area (Å²) in [6.07, 6.45) is 0. The maximum Gasteiger partial charge on any atom is 0.312 e. The number of hydrogen-bond acceptors (Lipinski definition) is 3. The minimum atomic E-state index is -1.23. The zero-order valence-electron chi connectivity index (χ0n) is 11.1. The van der Waals surface area contributed by atoms with Gasteiger partial charge in [0.1, 0.15) is 5.60 Å². The molecule has 1 N–H and O–H groups in total. The molecule has 0 radical (unpaired) electrons. The second-order valence-corrected chi connectivity index (χ2v) is 6.14. The van der Waals surface area contributed by atoms with Gasteiger partial charge in [0.25, 0.3) is 0 Å². The Morgan fingerprint density at radius 3 is 2.22 bits per heavy atom. The molecule has 0 aromatic heterocycles. The minimum Gasteiger partial charge on any atom is -0.469 e. The van der Waals surface area contributed by atoms with E-state index in [2.05, 4.69) is 22.6 Å². The first-order chi connectivity index (χ1) is 8.30. The van der Waals surface area contributed by atoms with Crippen molar-refractivity contribution in [3.63, 3.8) is 0 Å². The van der Waals surface area contributed by atoms with E-state index >= 15 is 0 Å². The van der Waals surface area contributed by atoms with E-state index in [0.717, 1.165) is 9.13 Å². The zero-order chi connectivity index (χ0) is 13.9. The molecule has 0 spiro atoms. The van der Waals surface area contributed by atoms with Crippen LogP contribution in [0, 0.1) is 15.4 Å². The monoisotopic (exact) mass is 362 g/mol. The number of halogens is 1. The summed E-state index contributed by atoms with van der Waals surface area (Å²) in [6, 6.07) is 7.53. The molecule has 0 heterocycles. The third-order valence-electron chi connectivity index (χ3n) is 3.16. The number of benzene rings is 1. The van der Waals surface area contributed by atoms with Crippen LogP contribution in [-0.2, 0) is 15.1 Å².